The van der Waals surface area contributed by atoms with Gasteiger partial charge in [-0.3, -0.25) is 4.79 Å². The maximum Gasteiger partial charge on any atom is 0.277 e. The highest BCUT2D eigenvalue weighted by Crippen LogP contribution is 2.16. The van der Waals surface area contributed by atoms with Gasteiger partial charge in [-0.1, -0.05) is 43.7 Å². The summed E-state index contributed by atoms with van der Waals surface area (Å²) in [6, 6.07) is 17.0. The van der Waals surface area contributed by atoms with Crippen LogP contribution in [0.25, 0.3) is 0 Å². The molecule has 0 radical (unpaired) electrons. The Bertz CT molecular complexity index is 682. The van der Waals surface area contributed by atoms with Crippen LogP contribution in [0.4, 0.5) is 0 Å². The number of unbranched alkanes of at least 4 members (excludes halogenated alkanes) is 1. The molecule has 1 N–H and O–H groups in total. The van der Waals surface area contributed by atoms with E-state index in [1.165, 1.54) is 0 Å². The molecule has 0 aliphatic heterocycles. The lowest BCUT2D eigenvalue weighted by molar-refractivity contribution is -0.123. The quantitative estimate of drug-likeness (QED) is 0.558. The first-order valence-electron chi connectivity index (χ1n) is 8.40. The van der Waals surface area contributed by atoms with Gasteiger partial charge in [0.25, 0.3) is 5.91 Å². The zero-order chi connectivity index (χ0) is 17.9. The summed E-state index contributed by atoms with van der Waals surface area (Å²) in [7, 11) is 1.60. The predicted molar refractivity (Wildman–Crippen MR) is 99.1 cm³/mol. The summed E-state index contributed by atoms with van der Waals surface area (Å²) >= 11 is 0. The summed E-state index contributed by atoms with van der Waals surface area (Å²) in [5.74, 6) is 1.06. The van der Waals surface area contributed by atoms with Gasteiger partial charge in [0.2, 0.25) is 0 Å². The summed E-state index contributed by atoms with van der Waals surface area (Å²) in [6.45, 7) is 2.04. The fraction of sp³-hybridized carbons (Fsp3) is 0.300. The number of rotatable bonds is 9. The molecule has 0 atom stereocenters. The normalized spacial score (nSPS) is 11.0. The van der Waals surface area contributed by atoms with E-state index in [1.54, 1.807) is 31.4 Å². The molecule has 0 saturated carbocycles. The zero-order valence-corrected chi connectivity index (χ0v) is 14.7. The molecule has 0 aliphatic carbocycles. The molecule has 0 unspecified atom stereocenters. The summed E-state index contributed by atoms with van der Waals surface area (Å²) in [5.41, 5.74) is 4.48. The van der Waals surface area contributed by atoms with Gasteiger partial charge in [0, 0.05) is 0 Å². The van der Waals surface area contributed by atoms with Crippen molar-refractivity contribution in [1.82, 2.24) is 5.43 Å². The standard InChI is InChI=1S/C20H24N2O3/c1-3-4-10-19(16-8-6-5-7-9-16)21-22-20(23)15-25-18-13-11-17(24-2)12-14-18/h5-9,11-14H,3-4,10,15H2,1-2H3,(H,22,23). The second kappa shape index (κ2) is 10.1. The van der Waals surface area contributed by atoms with Gasteiger partial charge in [-0.2, -0.15) is 5.10 Å². The summed E-state index contributed by atoms with van der Waals surface area (Å²) in [4.78, 5) is 12.0. The second-order valence-electron chi connectivity index (χ2n) is 5.53. The highest BCUT2D eigenvalue weighted by molar-refractivity contribution is 6.01. The molecule has 2 aromatic rings. The van der Waals surface area contributed by atoms with Gasteiger partial charge in [0.05, 0.1) is 12.8 Å². The number of ether oxygens (including phenoxy) is 2. The van der Waals surface area contributed by atoms with E-state index in [1.807, 2.05) is 30.3 Å². The largest absolute Gasteiger partial charge is 0.497 e. The average Bonchev–Trinajstić information content (AvgIpc) is 2.67. The smallest absolute Gasteiger partial charge is 0.277 e. The molecule has 0 heterocycles. The Kier molecular flexibility index (Phi) is 7.50. The van der Waals surface area contributed by atoms with Crippen molar-refractivity contribution < 1.29 is 14.3 Å². The van der Waals surface area contributed by atoms with Crippen molar-refractivity contribution in [3.63, 3.8) is 0 Å². The summed E-state index contributed by atoms with van der Waals surface area (Å²) < 4.78 is 10.5. The van der Waals surface area contributed by atoms with Crippen LogP contribution in [0.3, 0.4) is 0 Å². The Morgan fingerprint density at radius 1 is 1.04 bits per heavy atom. The lowest BCUT2D eigenvalue weighted by atomic mass is 10.1. The van der Waals surface area contributed by atoms with E-state index in [0.717, 1.165) is 36.3 Å². The van der Waals surface area contributed by atoms with Crippen LogP contribution >= 0.6 is 0 Å². The van der Waals surface area contributed by atoms with Crippen LogP contribution < -0.4 is 14.9 Å². The number of hydrogen-bond acceptors (Lipinski definition) is 4. The van der Waals surface area contributed by atoms with Crippen molar-refractivity contribution in [2.75, 3.05) is 13.7 Å². The van der Waals surface area contributed by atoms with E-state index in [9.17, 15) is 4.79 Å². The van der Waals surface area contributed by atoms with Gasteiger partial charge < -0.3 is 9.47 Å². The average molecular weight is 340 g/mol. The first-order chi connectivity index (χ1) is 12.2. The second-order valence-corrected chi connectivity index (χ2v) is 5.53. The Morgan fingerprint density at radius 2 is 1.72 bits per heavy atom. The van der Waals surface area contributed by atoms with Crippen LogP contribution in [0.5, 0.6) is 11.5 Å². The highest BCUT2D eigenvalue weighted by Gasteiger charge is 2.06. The number of methoxy groups -OCH3 is 1. The van der Waals surface area contributed by atoms with Gasteiger partial charge in [0.1, 0.15) is 11.5 Å². The lowest BCUT2D eigenvalue weighted by Gasteiger charge is -2.08. The van der Waals surface area contributed by atoms with E-state index in [0.29, 0.717) is 5.75 Å². The van der Waals surface area contributed by atoms with Crippen LogP contribution in [0.15, 0.2) is 59.7 Å². The molecular weight excluding hydrogens is 316 g/mol. The minimum absolute atomic E-state index is 0.0916. The molecule has 0 fully saturated rings. The fourth-order valence-electron chi connectivity index (χ4n) is 2.22. The molecule has 2 rings (SSSR count). The summed E-state index contributed by atoms with van der Waals surface area (Å²) in [6.07, 6.45) is 2.91. The molecule has 0 aromatic heterocycles. The molecule has 5 heteroatoms. The van der Waals surface area contributed by atoms with Gasteiger partial charge >= 0.3 is 0 Å². The Hall–Kier alpha value is -2.82. The highest BCUT2D eigenvalue weighted by atomic mass is 16.5. The number of carbonyl (C=O) groups excluding carboxylic acids is 1. The number of nitrogens with zero attached hydrogens (tertiary/aromatic N) is 1. The minimum atomic E-state index is -0.291. The molecule has 5 nitrogen and oxygen atoms in total. The number of carbonyl (C=O) groups is 1. The molecule has 0 aliphatic rings. The Balaban J connectivity index is 1.91. The van der Waals surface area contributed by atoms with Crippen LogP contribution in [0.2, 0.25) is 0 Å². The number of hydrogen-bond donors (Lipinski definition) is 1. The monoisotopic (exact) mass is 340 g/mol. The topological polar surface area (TPSA) is 59.9 Å². The molecule has 132 valence electrons. The van der Waals surface area contributed by atoms with Crippen LogP contribution in [-0.2, 0) is 4.79 Å². The number of benzene rings is 2. The molecule has 2 aromatic carbocycles. The third kappa shape index (κ3) is 6.30. The molecule has 1 amide bonds. The van der Waals surface area contributed by atoms with Gasteiger partial charge in [-0.05, 0) is 42.7 Å². The van der Waals surface area contributed by atoms with Crippen molar-refractivity contribution >= 4 is 11.6 Å². The van der Waals surface area contributed by atoms with Crippen molar-refractivity contribution in [3.05, 3.63) is 60.2 Å². The number of hydrazone groups is 1. The summed E-state index contributed by atoms with van der Waals surface area (Å²) in [5, 5.41) is 4.29. The lowest BCUT2D eigenvalue weighted by Crippen LogP contribution is -2.26. The van der Waals surface area contributed by atoms with E-state index in [2.05, 4.69) is 17.5 Å². The number of amides is 1. The third-order valence-electron chi connectivity index (χ3n) is 3.62. The Morgan fingerprint density at radius 3 is 2.36 bits per heavy atom. The fourth-order valence-corrected chi connectivity index (χ4v) is 2.22. The van der Waals surface area contributed by atoms with Gasteiger partial charge in [-0.15, -0.1) is 0 Å². The van der Waals surface area contributed by atoms with Crippen molar-refractivity contribution in [1.29, 1.82) is 0 Å². The predicted octanol–water partition coefficient (Wildman–Crippen LogP) is 3.78. The van der Waals surface area contributed by atoms with Gasteiger partial charge in [-0.25, -0.2) is 5.43 Å². The first kappa shape index (κ1) is 18.5. The maximum atomic E-state index is 12.0. The zero-order valence-electron chi connectivity index (χ0n) is 14.7. The van der Waals surface area contributed by atoms with E-state index in [-0.39, 0.29) is 12.5 Å². The van der Waals surface area contributed by atoms with E-state index >= 15 is 0 Å². The van der Waals surface area contributed by atoms with Crippen LogP contribution in [0, 0.1) is 0 Å². The van der Waals surface area contributed by atoms with Crippen molar-refractivity contribution in [2.45, 2.75) is 26.2 Å². The van der Waals surface area contributed by atoms with E-state index in [4.69, 9.17) is 9.47 Å². The molecular formula is C20H24N2O3. The SMILES string of the molecule is CCCCC(=NNC(=O)COc1ccc(OC)cc1)c1ccccc1. The third-order valence-corrected chi connectivity index (χ3v) is 3.62. The van der Waals surface area contributed by atoms with Crippen LogP contribution in [0.1, 0.15) is 31.7 Å². The van der Waals surface area contributed by atoms with Crippen molar-refractivity contribution in [3.8, 4) is 11.5 Å². The van der Waals surface area contributed by atoms with Crippen LogP contribution in [-0.4, -0.2) is 25.3 Å². The Labute approximate surface area is 148 Å². The van der Waals surface area contributed by atoms with E-state index < -0.39 is 0 Å². The molecule has 0 bridgehead atoms. The maximum absolute atomic E-state index is 12.0. The first-order valence-corrected chi connectivity index (χ1v) is 8.40. The molecule has 0 spiro atoms. The number of nitrogens with one attached hydrogen (secondary N) is 1. The van der Waals surface area contributed by atoms with Crippen molar-refractivity contribution in [2.24, 2.45) is 5.10 Å². The molecule has 25 heavy (non-hydrogen) atoms. The minimum Gasteiger partial charge on any atom is -0.497 e. The molecule has 0 saturated heterocycles. The van der Waals surface area contributed by atoms with Gasteiger partial charge in [0.15, 0.2) is 6.61 Å².